The van der Waals surface area contributed by atoms with Crippen molar-refractivity contribution < 1.29 is 9.72 Å². The number of hydrogen-bond acceptors (Lipinski definition) is 4. The Morgan fingerprint density at radius 3 is 2.79 bits per heavy atom. The summed E-state index contributed by atoms with van der Waals surface area (Å²) in [5.74, 6) is -0.0957. The first-order valence-electron chi connectivity index (χ1n) is 5.92. The molecule has 0 aliphatic rings. The highest BCUT2D eigenvalue weighted by molar-refractivity contribution is 6.32. The van der Waals surface area contributed by atoms with Gasteiger partial charge in [0.1, 0.15) is 5.56 Å². The minimum Gasteiger partial charge on any atom is -0.341 e. The third-order valence-electron chi connectivity index (χ3n) is 2.92. The van der Waals surface area contributed by atoms with Crippen molar-refractivity contribution in [2.24, 2.45) is 5.92 Å². The monoisotopic (exact) mass is 285 g/mol. The van der Waals surface area contributed by atoms with Crippen LogP contribution in [0.3, 0.4) is 0 Å². The summed E-state index contributed by atoms with van der Waals surface area (Å²) in [4.78, 5) is 27.6. The number of halogens is 1. The number of nitrogens with zero attached hydrogens (tertiary/aromatic N) is 3. The van der Waals surface area contributed by atoms with Crippen LogP contribution in [0.25, 0.3) is 0 Å². The standard InChI is InChI=1S/C12H16ClN3O3/c1-4-8(2)7-15(3)12(17)9-5-6-14-11(13)10(9)16(18)19/h5-6,8H,4,7H2,1-3H3. The number of nitro groups is 1. The van der Waals surface area contributed by atoms with Gasteiger partial charge in [0.05, 0.1) is 4.92 Å². The van der Waals surface area contributed by atoms with E-state index >= 15 is 0 Å². The van der Waals surface area contributed by atoms with Gasteiger partial charge in [0.15, 0.2) is 0 Å². The molecule has 1 atom stereocenters. The fourth-order valence-corrected chi connectivity index (χ4v) is 1.89. The van der Waals surface area contributed by atoms with Gasteiger partial charge in [0.25, 0.3) is 5.91 Å². The second-order valence-electron chi connectivity index (χ2n) is 4.45. The first kappa shape index (κ1) is 15.4. The highest BCUT2D eigenvalue weighted by Gasteiger charge is 2.27. The van der Waals surface area contributed by atoms with Gasteiger partial charge in [-0.1, -0.05) is 31.9 Å². The van der Waals surface area contributed by atoms with Crippen molar-refractivity contribution in [3.63, 3.8) is 0 Å². The van der Waals surface area contributed by atoms with E-state index in [0.29, 0.717) is 12.5 Å². The fraction of sp³-hybridized carbons (Fsp3) is 0.500. The van der Waals surface area contributed by atoms with E-state index in [4.69, 9.17) is 11.6 Å². The normalized spacial score (nSPS) is 12.0. The molecule has 1 amide bonds. The molecule has 0 saturated carbocycles. The van der Waals surface area contributed by atoms with E-state index in [0.717, 1.165) is 6.42 Å². The lowest BCUT2D eigenvalue weighted by atomic mass is 10.1. The van der Waals surface area contributed by atoms with Gasteiger partial charge < -0.3 is 4.90 Å². The molecule has 1 unspecified atom stereocenters. The Morgan fingerprint density at radius 2 is 2.26 bits per heavy atom. The first-order chi connectivity index (χ1) is 8.88. The molecule has 1 aromatic rings. The maximum Gasteiger partial charge on any atom is 0.319 e. The Hall–Kier alpha value is -1.69. The van der Waals surface area contributed by atoms with Crippen molar-refractivity contribution in [3.8, 4) is 0 Å². The van der Waals surface area contributed by atoms with Crippen LogP contribution in [0.4, 0.5) is 5.69 Å². The van der Waals surface area contributed by atoms with Crippen LogP contribution in [-0.2, 0) is 0 Å². The highest BCUT2D eigenvalue weighted by Crippen LogP contribution is 2.27. The van der Waals surface area contributed by atoms with Crippen LogP contribution in [0.15, 0.2) is 12.3 Å². The Bertz CT molecular complexity index is 493. The Labute approximate surface area is 116 Å². The molecule has 1 aromatic heterocycles. The van der Waals surface area contributed by atoms with E-state index in [-0.39, 0.29) is 10.7 Å². The van der Waals surface area contributed by atoms with Gasteiger partial charge in [-0.25, -0.2) is 4.98 Å². The van der Waals surface area contributed by atoms with E-state index in [9.17, 15) is 14.9 Å². The number of carbonyl (C=O) groups is 1. The van der Waals surface area contributed by atoms with Gasteiger partial charge >= 0.3 is 5.69 Å². The minimum atomic E-state index is -0.681. The van der Waals surface area contributed by atoms with E-state index in [1.807, 2.05) is 13.8 Å². The van der Waals surface area contributed by atoms with Crippen molar-refractivity contribution in [1.82, 2.24) is 9.88 Å². The van der Waals surface area contributed by atoms with E-state index in [1.54, 1.807) is 7.05 Å². The number of carbonyl (C=O) groups excluding carboxylic acids is 1. The van der Waals surface area contributed by atoms with E-state index in [2.05, 4.69) is 4.98 Å². The van der Waals surface area contributed by atoms with Crippen molar-refractivity contribution >= 4 is 23.2 Å². The van der Waals surface area contributed by atoms with Crippen LogP contribution < -0.4 is 0 Å². The smallest absolute Gasteiger partial charge is 0.319 e. The maximum atomic E-state index is 12.2. The molecule has 6 nitrogen and oxygen atoms in total. The predicted octanol–water partition coefficient (Wildman–Crippen LogP) is 2.76. The van der Waals surface area contributed by atoms with Crippen LogP contribution in [0.5, 0.6) is 0 Å². The molecule has 7 heteroatoms. The van der Waals surface area contributed by atoms with Crippen LogP contribution >= 0.6 is 11.6 Å². The number of amides is 1. The lowest BCUT2D eigenvalue weighted by molar-refractivity contribution is -0.385. The number of hydrogen-bond donors (Lipinski definition) is 0. The minimum absolute atomic E-state index is 0.0317. The Balaban J connectivity index is 3.06. The predicted molar refractivity (Wildman–Crippen MR) is 72.3 cm³/mol. The topological polar surface area (TPSA) is 76.3 Å². The second kappa shape index (κ2) is 6.47. The Morgan fingerprint density at radius 1 is 1.63 bits per heavy atom. The molecule has 0 aromatic carbocycles. The zero-order valence-corrected chi connectivity index (χ0v) is 11.8. The van der Waals surface area contributed by atoms with Crippen LogP contribution in [0.1, 0.15) is 30.6 Å². The molecule has 1 heterocycles. The molecule has 104 valence electrons. The van der Waals surface area contributed by atoms with Gasteiger partial charge in [-0.15, -0.1) is 0 Å². The summed E-state index contributed by atoms with van der Waals surface area (Å²) in [6.07, 6.45) is 2.22. The lowest BCUT2D eigenvalue weighted by Gasteiger charge is -2.20. The van der Waals surface area contributed by atoms with Crippen LogP contribution in [0, 0.1) is 16.0 Å². The average Bonchev–Trinajstić information content (AvgIpc) is 2.36. The molecule has 0 bridgehead atoms. The third kappa shape index (κ3) is 3.64. The number of rotatable bonds is 5. The number of aromatic nitrogens is 1. The van der Waals surface area contributed by atoms with Crippen LogP contribution in [0.2, 0.25) is 5.15 Å². The average molecular weight is 286 g/mol. The summed E-state index contributed by atoms with van der Waals surface area (Å²) < 4.78 is 0. The first-order valence-corrected chi connectivity index (χ1v) is 6.30. The fourth-order valence-electron chi connectivity index (χ4n) is 1.66. The van der Waals surface area contributed by atoms with Crippen molar-refractivity contribution in [1.29, 1.82) is 0 Å². The van der Waals surface area contributed by atoms with Crippen LogP contribution in [-0.4, -0.2) is 34.3 Å². The summed E-state index contributed by atoms with van der Waals surface area (Å²) >= 11 is 5.68. The molecule has 1 rings (SSSR count). The molecule has 0 fully saturated rings. The van der Waals surface area contributed by atoms with Gasteiger partial charge in [0, 0.05) is 19.8 Å². The molecule has 0 aliphatic carbocycles. The zero-order valence-electron chi connectivity index (χ0n) is 11.1. The molecule has 19 heavy (non-hydrogen) atoms. The maximum absolute atomic E-state index is 12.2. The van der Waals surface area contributed by atoms with Crippen molar-refractivity contribution in [2.45, 2.75) is 20.3 Å². The number of pyridine rings is 1. The van der Waals surface area contributed by atoms with E-state index in [1.165, 1.54) is 17.2 Å². The summed E-state index contributed by atoms with van der Waals surface area (Å²) in [6, 6.07) is 1.32. The van der Waals surface area contributed by atoms with Crippen molar-refractivity contribution in [3.05, 3.63) is 33.1 Å². The summed E-state index contributed by atoms with van der Waals surface area (Å²) in [5, 5.41) is 10.7. The van der Waals surface area contributed by atoms with Gasteiger partial charge in [-0.05, 0) is 12.0 Å². The molecule has 0 N–H and O–H groups in total. The summed E-state index contributed by atoms with van der Waals surface area (Å²) in [7, 11) is 1.62. The van der Waals surface area contributed by atoms with Gasteiger partial charge in [0.2, 0.25) is 5.15 Å². The van der Waals surface area contributed by atoms with Gasteiger partial charge in [-0.3, -0.25) is 14.9 Å². The Kier molecular flexibility index (Phi) is 5.23. The second-order valence-corrected chi connectivity index (χ2v) is 4.81. The molecule has 0 saturated heterocycles. The molecular weight excluding hydrogens is 270 g/mol. The third-order valence-corrected chi connectivity index (χ3v) is 3.20. The highest BCUT2D eigenvalue weighted by atomic mass is 35.5. The SMILES string of the molecule is CCC(C)CN(C)C(=O)c1ccnc(Cl)c1[N+](=O)[O-]. The molecule has 0 spiro atoms. The van der Waals surface area contributed by atoms with Gasteiger partial charge in [-0.2, -0.15) is 0 Å². The zero-order chi connectivity index (χ0) is 14.6. The summed E-state index contributed by atoms with van der Waals surface area (Å²) in [5.41, 5.74) is -0.471. The molecule has 0 aliphatic heterocycles. The lowest BCUT2D eigenvalue weighted by Crippen LogP contribution is -2.31. The van der Waals surface area contributed by atoms with Crippen molar-refractivity contribution in [2.75, 3.05) is 13.6 Å². The summed E-state index contributed by atoms with van der Waals surface area (Å²) in [6.45, 7) is 4.57. The molecular formula is C12H16ClN3O3. The quantitative estimate of drug-likeness (QED) is 0.473. The van der Waals surface area contributed by atoms with E-state index < -0.39 is 16.5 Å². The molecule has 0 radical (unpaired) electrons. The largest absolute Gasteiger partial charge is 0.341 e.